The molecule has 1 saturated carbocycles. The molecule has 0 bridgehead atoms. The van der Waals surface area contributed by atoms with Crippen molar-refractivity contribution < 1.29 is 0 Å². The molecule has 0 N–H and O–H groups in total. The quantitative estimate of drug-likeness (QED) is 0.838. The molecular weight excluding hydrogens is 264 g/mol. The smallest absolute Gasteiger partial charge is 0.181 e. The summed E-state index contributed by atoms with van der Waals surface area (Å²) in [6, 6.07) is 10.3. The second-order valence-corrected chi connectivity index (χ2v) is 5.06. The largest absolute Gasteiger partial charge is 0.294 e. The van der Waals surface area contributed by atoms with Crippen LogP contribution >= 0.6 is 15.9 Å². The lowest BCUT2D eigenvalue weighted by Gasteiger charge is -2.01. The van der Waals surface area contributed by atoms with Crippen LogP contribution in [0.1, 0.15) is 18.5 Å². The maximum absolute atomic E-state index is 4.55. The minimum Gasteiger partial charge on any atom is -0.294 e. The van der Waals surface area contributed by atoms with Gasteiger partial charge in [0.25, 0.3) is 0 Å². The van der Waals surface area contributed by atoms with Gasteiger partial charge in [0.2, 0.25) is 0 Å². The van der Waals surface area contributed by atoms with Crippen LogP contribution in [-0.2, 0) is 6.42 Å². The summed E-state index contributed by atoms with van der Waals surface area (Å²) in [4.78, 5) is 4.55. The molecule has 0 aliphatic heterocycles. The molecule has 3 heteroatoms. The number of hydrogen-bond acceptors (Lipinski definition) is 1. The van der Waals surface area contributed by atoms with Crippen LogP contribution in [0.5, 0.6) is 0 Å². The van der Waals surface area contributed by atoms with Gasteiger partial charge in [0, 0.05) is 11.9 Å². The van der Waals surface area contributed by atoms with Gasteiger partial charge in [0.15, 0.2) is 4.73 Å². The predicted molar refractivity (Wildman–Crippen MR) is 67.7 cm³/mol. The summed E-state index contributed by atoms with van der Waals surface area (Å²) in [5, 5.41) is 0. The van der Waals surface area contributed by atoms with Gasteiger partial charge in [-0.2, -0.15) is 0 Å². The second-order valence-electron chi connectivity index (χ2n) is 4.35. The molecule has 16 heavy (non-hydrogen) atoms. The van der Waals surface area contributed by atoms with E-state index >= 15 is 0 Å². The molecule has 1 aliphatic carbocycles. The van der Waals surface area contributed by atoms with Crippen molar-refractivity contribution >= 4 is 15.9 Å². The van der Waals surface area contributed by atoms with E-state index in [0.29, 0.717) is 0 Å². The molecule has 1 aliphatic rings. The predicted octanol–water partition coefficient (Wildman–Crippen LogP) is 3.59. The lowest BCUT2D eigenvalue weighted by Crippen LogP contribution is -1.91. The van der Waals surface area contributed by atoms with E-state index in [1.165, 1.54) is 18.5 Å². The molecule has 0 saturated heterocycles. The summed E-state index contributed by atoms with van der Waals surface area (Å²) in [7, 11) is 0. The number of aromatic nitrogens is 2. The zero-order valence-electron chi connectivity index (χ0n) is 8.94. The molecule has 0 amide bonds. The summed E-state index contributed by atoms with van der Waals surface area (Å²) in [6.07, 6.45) is 6.00. The summed E-state index contributed by atoms with van der Waals surface area (Å²) in [5.74, 6) is 0.881. The van der Waals surface area contributed by atoms with Crippen LogP contribution in [0.3, 0.4) is 0 Å². The average molecular weight is 277 g/mol. The highest BCUT2D eigenvalue weighted by atomic mass is 79.9. The Kier molecular flexibility index (Phi) is 2.56. The zero-order valence-corrected chi connectivity index (χ0v) is 10.5. The van der Waals surface area contributed by atoms with E-state index in [0.717, 1.165) is 22.8 Å². The topological polar surface area (TPSA) is 17.8 Å². The molecule has 0 atom stereocenters. The third-order valence-corrected chi connectivity index (χ3v) is 3.50. The Bertz CT molecular complexity index is 486. The van der Waals surface area contributed by atoms with Gasteiger partial charge in [-0.1, -0.05) is 18.2 Å². The molecule has 0 radical (unpaired) electrons. The molecular formula is C13H13BrN2. The fourth-order valence-corrected chi connectivity index (χ4v) is 2.42. The minimum absolute atomic E-state index is 0.881. The van der Waals surface area contributed by atoms with Gasteiger partial charge in [0.1, 0.15) is 0 Å². The standard InChI is InChI=1S/C13H13BrN2/c14-13-15-11(8-10-6-7-10)9-16(13)12-4-2-1-3-5-12/h1-5,9-10H,6-8H2. The molecule has 2 nitrogen and oxygen atoms in total. The zero-order chi connectivity index (χ0) is 11.0. The van der Waals surface area contributed by atoms with E-state index in [-0.39, 0.29) is 0 Å². The third-order valence-electron chi connectivity index (χ3n) is 2.94. The Morgan fingerprint density at radius 1 is 1.25 bits per heavy atom. The Balaban J connectivity index is 1.91. The summed E-state index contributed by atoms with van der Waals surface area (Å²) in [6.45, 7) is 0. The average Bonchev–Trinajstić information content (AvgIpc) is 3.03. The number of halogens is 1. The number of benzene rings is 1. The maximum atomic E-state index is 4.55. The van der Waals surface area contributed by atoms with Gasteiger partial charge in [-0.3, -0.25) is 4.57 Å². The molecule has 1 aromatic carbocycles. The van der Waals surface area contributed by atoms with Crippen LogP contribution in [0.4, 0.5) is 0 Å². The number of nitrogens with zero attached hydrogens (tertiary/aromatic N) is 2. The fraction of sp³-hybridized carbons (Fsp3) is 0.308. The Hall–Kier alpha value is -1.09. The second kappa shape index (κ2) is 4.06. The fourth-order valence-electron chi connectivity index (χ4n) is 1.89. The number of imidazole rings is 1. The SMILES string of the molecule is Brc1nc(CC2CC2)cn1-c1ccccc1. The van der Waals surface area contributed by atoms with E-state index < -0.39 is 0 Å². The highest BCUT2D eigenvalue weighted by molar-refractivity contribution is 9.10. The summed E-state index contributed by atoms with van der Waals surface area (Å²) in [5.41, 5.74) is 2.35. The van der Waals surface area contributed by atoms with Crippen molar-refractivity contribution in [3.63, 3.8) is 0 Å². The van der Waals surface area contributed by atoms with Gasteiger partial charge in [0.05, 0.1) is 5.69 Å². The molecule has 3 rings (SSSR count). The van der Waals surface area contributed by atoms with Crippen LogP contribution in [0.25, 0.3) is 5.69 Å². The van der Waals surface area contributed by atoms with Crippen molar-refractivity contribution in [2.24, 2.45) is 5.92 Å². The molecule has 0 unspecified atom stereocenters. The first-order chi connectivity index (χ1) is 7.83. The molecule has 0 spiro atoms. The van der Waals surface area contributed by atoms with Gasteiger partial charge < -0.3 is 0 Å². The Morgan fingerprint density at radius 2 is 2.00 bits per heavy atom. The number of rotatable bonds is 3. The van der Waals surface area contributed by atoms with Crippen molar-refractivity contribution in [1.82, 2.24) is 9.55 Å². The van der Waals surface area contributed by atoms with E-state index in [4.69, 9.17) is 0 Å². The van der Waals surface area contributed by atoms with Crippen LogP contribution in [0.15, 0.2) is 41.3 Å². The monoisotopic (exact) mass is 276 g/mol. The lowest BCUT2D eigenvalue weighted by molar-refractivity contribution is 0.809. The minimum atomic E-state index is 0.881. The van der Waals surface area contributed by atoms with E-state index in [9.17, 15) is 0 Å². The van der Waals surface area contributed by atoms with Crippen LogP contribution < -0.4 is 0 Å². The van der Waals surface area contributed by atoms with Crippen molar-refractivity contribution in [1.29, 1.82) is 0 Å². The highest BCUT2D eigenvalue weighted by Crippen LogP contribution is 2.32. The number of hydrogen-bond donors (Lipinski definition) is 0. The first kappa shape index (κ1) is 10.1. The van der Waals surface area contributed by atoms with Crippen molar-refractivity contribution in [2.45, 2.75) is 19.3 Å². The molecule has 82 valence electrons. The number of para-hydroxylation sites is 1. The normalized spacial score (nSPS) is 15.3. The molecule has 1 heterocycles. The first-order valence-electron chi connectivity index (χ1n) is 5.62. The Labute approximate surface area is 103 Å². The van der Waals surface area contributed by atoms with Gasteiger partial charge >= 0.3 is 0 Å². The van der Waals surface area contributed by atoms with Crippen LogP contribution in [-0.4, -0.2) is 9.55 Å². The first-order valence-corrected chi connectivity index (χ1v) is 6.41. The van der Waals surface area contributed by atoms with E-state index in [1.54, 1.807) is 0 Å². The molecule has 1 fully saturated rings. The van der Waals surface area contributed by atoms with E-state index in [1.807, 2.05) is 18.2 Å². The van der Waals surface area contributed by atoms with Gasteiger partial charge in [-0.25, -0.2) is 4.98 Å². The van der Waals surface area contributed by atoms with Crippen LogP contribution in [0.2, 0.25) is 0 Å². The van der Waals surface area contributed by atoms with Crippen molar-refractivity contribution in [3.8, 4) is 5.69 Å². The van der Waals surface area contributed by atoms with Crippen molar-refractivity contribution in [3.05, 3.63) is 47.0 Å². The lowest BCUT2D eigenvalue weighted by atomic mass is 10.2. The molecule has 1 aromatic heterocycles. The van der Waals surface area contributed by atoms with Gasteiger partial charge in [-0.05, 0) is 53.2 Å². The molecule has 2 aromatic rings. The maximum Gasteiger partial charge on any atom is 0.181 e. The summed E-state index contributed by atoms with van der Waals surface area (Å²) < 4.78 is 2.99. The Morgan fingerprint density at radius 3 is 2.69 bits per heavy atom. The van der Waals surface area contributed by atoms with Gasteiger partial charge in [-0.15, -0.1) is 0 Å². The third kappa shape index (κ3) is 2.05. The van der Waals surface area contributed by atoms with Crippen LogP contribution in [0, 0.1) is 5.92 Å². The highest BCUT2D eigenvalue weighted by Gasteiger charge is 2.23. The summed E-state index contributed by atoms with van der Waals surface area (Å²) >= 11 is 3.52. The van der Waals surface area contributed by atoms with Crippen molar-refractivity contribution in [2.75, 3.05) is 0 Å². The van der Waals surface area contributed by atoms with E-state index in [2.05, 4.69) is 43.8 Å².